The number of anilines is 1. The predicted octanol–water partition coefficient (Wildman–Crippen LogP) is 3.80. The van der Waals surface area contributed by atoms with Crippen molar-refractivity contribution in [2.45, 2.75) is 75.4 Å². The second kappa shape index (κ2) is 14.7. The molecule has 1 saturated heterocycles. The Kier molecular flexibility index (Phi) is 10.6. The van der Waals surface area contributed by atoms with Gasteiger partial charge in [-0.1, -0.05) is 44.5 Å². The smallest absolute Gasteiger partial charge is 0.259 e. The van der Waals surface area contributed by atoms with Gasteiger partial charge in [0.25, 0.3) is 11.8 Å². The quantitative estimate of drug-likeness (QED) is 0.186. The van der Waals surface area contributed by atoms with E-state index in [4.69, 9.17) is 21.1 Å². The van der Waals surface area contributed by atoms with Crippen molar-refractivity contribution in [1.29, 1.82) is 0 Å². The molecule has 0 radical (unpaired) electrons. The van der Waals surface area contributed by atoms with Gasteiger partial charge >= 0.3 is 0 Å². The van der Waals surface area contributed by atoms with Gasteiger partial charge < -0.3 is 30.3 Å². The van der Waals surface area contributed by atoms with Gasteiger partial charge in [0.05, 0.1) is 25.1 Å². The Balaban J connectivity index is 1.33. The lowest BCUT2D eigenvalue weighted by Crippen LogP contribution is -2.58. The molecule has 16 heteroatoms. The number of rotatable bonds is 13. The van der Waals surface area contributed by atoms with E-state index >= 15 is 0 Å². The van der Waals surface area contributed by atoms with E-state index in [0.717, 1.165) is 0 Å². The molecule has 2 aliphatic carbocycles. The van der Waals surface area contributed by atoms with Gasteiger partial charge in [-0.15, -0.1) is 6.58 Å². The van der Waals surface area contributed by atoms with Crippen molar-refractivity contribution in [3.8, 4) is 11.6 Å². The highest BCUT2D eigenvalue weighted by Gasteiger charge is 2.62. The van der Waals surface area contributed by atoms with Crippen molar-refractivity contribution in [3.63, 3.8) is 0 Å². The molecule has 2 heterocycles. The van der Waals surface area contributed by atoms with Crippen LogP contribution in [-0.4, -0.2) is 91.6 Å². The van der Waals surface area contributed by atoms with Crippen molar-refractivity contribution >= 4 is 61.7 Å². The van der Waals surface area contributed by atoms with Crippen molar-refractivity contribution < 1.29 is 37.1 Å². The number of carbonyl (C=O) groups is 4. The van der Waals surface area contributed by atoms with Crippen molar-refractivity contribution in [2.24, 2.45) is 11.3 Å². The molecule has 0 spiro atoms. The topological polar surface area (TPSA) is 185 Å². The normalized spacial score (nSPS) is 22.9. The van der Waals surface area contributed by atoms with Gasteiger partial charge in [-0.3, -0.25) is 23.9 Å². The highest BCUT2D eigenvalue weighted by Crippen LogP contribution is 2.46. The molecule has 3 fully saturated rings. The number of carbonyl (C=O) groups excluding carboxylic acids is 4. The van der Waals surface area contributed by atoms with Crippen molar-refractivity contribution in [1.82, 2.24) is 25.2 Å². The average molecular weight is 781 g/mol. The fourth-order valence-electron chi connectivity index (χ4n) is 6.85. The standard InChI is InChI=1S/C38H45ClN6O8S/c1-7-22-18-38(22,36(49)44-54(50,51)26-12-13-26)43-33(47)29-17-25(53-34-28-16-23(39)11-14-27(28)30(52-6)19-41-34)20-45(29)35(48)31(37(2,3)4)42-24-10-8-9-21(15-24)32(46)40-5/h7-11,14-16,19,22,25-26,29,31,42H,1,12-13,17-18,20H2,2-6H3,(H,40,46)(H,43,47)(H,44,49)/t22-,25-,29+,31?,38-/m1/s1. The molecule has 4 N–H and O–H groups in total. The Morgan fingerprint density at radius 1 is 1.11 bits per heavy atom. The number of pyridine rings is 1. The molecule has 14 nitrogen and oxygen atoms in total. The molecule has 2 aromatic carbocycles. The van der Waals surface area contributed by atoms with Gasteiger partial charge in [-0.25, -0.2) is 13.4 Å². The molecule has 1 aromatic heterocycles. The zero-order valence-electron chi connectivity index (χ0n) is 30.8. The molecule has 4 amide bonds. The number of benzene rings is 2. The monoisotopic (exact) mass is 780 g/mol. The zero-order chi connectivity index (χ0) is 39.2. The van der Waals surface area contributed by atoms with Crippen LogP contribution in [0.1, 0.15) is 56.8 Å². The number of methoxy groups -OCH3 is 1. The van der Waals surface area contributed by atoms with Gasteiger partial charge in [0.2, 0.25) is 27.7 Å². The average Bonchev–Trinajstić information content (AvgIpc) is 4.06. The van der Waals surface area contributed by atoms with Gasteiger partial charge in [0.1, 0.15) is 29.5 Å². The first kappa shape index (κ1) is 38.8. The Morgan fingerprint density at radius 2 is 1.85 bits per heavy atom. The fraction of sp³-hybridized carbons (Fsp3) is 0.447. The Labute approximate surface area is 319 Å². The molecule has 54 heavy (non-hydrogen) atoms. The van der Waals surface area contributed by atoms with Crippen molar-refractivity contribution in [3.05, 3.63) is 71.9 Å². The largest absolute Gasteiger partial charge is 0.494 e. The third kappa shape index (κ3) is 7.83. The number of nitrogens with one attached hydrogen (secondary N) is 4. The maximum Gasteiger partial charge on any atom is 0.259 e. The maximum absolute atomic E-state index is 14.8. The van der Waals surface area contributed by atoms with Gasteiger partial charge in [-0.2, -0.15) is 0 Å². The maximum atomic E-state index is 14.8. The Hall–Kier alpha value is -4.89. The van der Waals surface area contributed by atoms with Gasteiger partial charge in [-0.05, 0) is 61.1 Å². The van der Waals surface area contributed by atoms with Crippen LogP contribution in [0.3, 0.4) is 0 Å². The molecule has 5 atom stereocenters. The molecule has 6 rings (SSSR count). The second-order valence-electron chi connectivity index (χ2n) is 15.1. The van der Waals surface area contributed by atoms with E-state index in [1.165, 1.54) is 31.3 Å². The number of sulfonamides is 1. The van der Waals surface area contributed by atoms with Crippen LogP contribution >= 0.6 is 11.6 Å². The van der Waals surface area contributed by atoms with Crippen molar-refractivity contribution in [2.75, 3.05) is 26.0 Å². The van der Waals surface area contributed by atoms with Crippen LogP contribution in [0.4, 0.5) is 5.69 Å². The lowest BCUT2D eigenvalue weighted by Gasteiger charge is -2.36. The van der Waals surface area contributed by atoms with Crippen LogP contribution in [0, 0.1) is 11.3 Å². The van der Waals surface area contributed by atoms with Crippen LogP contribution in [0.5, 0.6) is 11.6 Å². The van der Waals surface area contributed by atoms with Crippen LogP contribution in [0.2, 0.25) is 5.02 Å². The zero-order valence-corrected chi connectivity index (χ0v) is 32.3. The minimum atomic E-state index is -3.91. The lowest BCUT2D eigenvalue weighted by atomic mass is 9.85. The van der Waals surface area contributed by atoms with Crippen LogP contribution < -0.4 is 30.1 Å². The summed E-state index contributed by atoms with van der Waals surface area (Å²) in [7, 11) is -0.857. The molecular formula is C38H45ClN6O8S. The molecule has 0 bridgehead atoms. The number of aromatic nitrogens is 1. The van der Waals surface area contributed by atoms with E-state index < -0.39 is 68.1 Å². The van der Waals surface area contributed by atoms with Crippen LogP contribution in [-0.2, 0) is 24.4 Å². The highest BCUT2D eigenvalue weighted by molar-refractivity contribution is 7.91. The van der Waals surface area contributed by atoms with E-state index in [0.29, 0.717) is 45.6 Å². The Morgan fingerprint density at radius 3 is 2.48 bits per heavy atom. The second-order valence-corrected chi connectivity index (χ2v) is 17.5. The number of ether oxygens (including phenoxy) is 2. The fourth-order valence-corrected chi connectivity index (χ4v) is 8.38. The summed E-state index contributed by atoms with van der Waals surface area (Å²) in [5, 5.41) is 9.76. The third-order valence-electron chi connectivity index (χ3n) is 10.1. The van der Waals surface area contributed by atoms with E-state index in [1.54, 1.807) is 42.5 Å². The minimum absolute atomic E-state index is 0.0210. The summed E-state index contributed by atoms with van der Waals surface area (Å²) >= 11 is 6.35. The summed E-state index contributed by atoms with van der Waals surface area (Å²) in [4.78, 5) is 61.0. The number of halogens is 1. The first-order valence-electron chi connectivity index (χ1n) is 17.7. The number of hydrogen-bond donors (Lipinski definition) is 4. The Bertz CT molecular complexity index is 2120. The number of likely N-dealkylation sites (tertiary alicyclic amines) is 1. The molecule has 288 valence electrons. The summed E-state index contributed by atoms with van der Waals surface area (Å²) in [5.74, 6) is -2.02. The lowest BCUT2D eigenvalue weighted by molar-refractivity contribution is -0.141. The summed E-state index contributed by atoms with van der Waals surface area (Å²) in [5.41, 5.74) is -1.35. The molecule has 3 aromatic rings. The first-order chi connectivity index (χ1) is 25.5. The van der Waals surface area contributed by atoms with E-state index in [2.05, 4.69) is 32.2 Å². The van der Waals surface area contributed by atoms with Crippen LogP contribution in [0.25, 0.3) is 10.8 Å². The van der Waals surface area contributed by atoms with Gasteiger partial charge in [0.15, 0.2) is 0 Å². The highest BCUT2D eigenvalue weighted by atomic mass is 35.5. The van der Waals surface area contributed by atoms with Gasteiger partial charge in [0, 0.05) is 46.4 Å². The minimum Gasteiger partial charge on any atom is -0.494 e. The molecular weight excluding hydrogens is 736 g/mol. The van der Waals surface area contributed by atoms with E-state index in [1.807, 2.05) is 20.8 Å². The predicted molar refractivity (Wildman–Crippen MR) is 204 cm³/mol. The SMILES string of the molecule is C=C[C@@H]1C[C@]1(NC(=O)[C@@H]1C[C@@H](Oc2ncc(OC)c3ccc(Cl)cc23)CN1C(=O)C(Nc1cccc(C(=O)NC)c1)C(C)(C)C)C(=O)NS(=O)(=O)C1CC1. The summed E-state index contributed by atoms with van der Waals surface area (Å²) < 4.78 is 39.6. The molecule has 1 unspecified atom stereocenters. The molecule has 2 saturated carbocycles. The van der Waals surface area contributed by atoms with Crippen LogP contribution in [0.15, 0.2) is 61.3 Å². The third-order valence-corrected chi connectivity index (χ3v) is 12.2. The summed E-state index contributed by atoms with van der Waals surface area (Å²) in [6.45, 7) is 9.38. The number of hydrogen-bond acceptors (Lipinski definition) is 10. The molecule has 1 aliphatic heterocycles. The number of amides is 4. The summed E-state index contributed by atoms with van der Waals surface area (Å²) in [6.07, 6.45) is 3.36. The van der Waals surface area contributed by atoms with E-state index in [-0.39, 0.29) is 31.2 Å². The number of nitrogens with zero attached hydrogens (tertiary/aromatic N) is 2. The van der Waals surface area contributed by atoms with E-state index in [9.17, 15) is 27.6 Å². The number of fused-ring (bicyclic) bond motifs is 1. The molecule has 3 aliphatic rings. The first-order valence-corrected chi connectivity index (χ1v) is 19.6. The summed E-state index contributed by atoms with van der Waals surface area (Å²) in [6, 6.07) is 9.89.